The Balaban J connectivity index is 2.05. The van der Waals surface area contributed by atoms with Crippen LogP contribution in [-0.2, 0) is 21.2 Å². The van der Waals surface area contributed by atoms with Gasteiger partial charge in [0.05, 0.1) is 4.90 Å². The molecule has 19 heavy (non-hydrogen) atoms. The highest BCUT2D eigenvalue weighted by Crippen LogP contribution is 2.14. The normalized spacial score (nSPS) is 17.5. The summed E-state index contributed by atoms with van der Waals surface area (Å²) in [5.74, 6) is 0. The highest BCUT2D eigenvalue weighted by Gasteiger charge is 2.21. The first-order chi connectivity index (χ1) is 9.12. The van der Waals surface area contributed by atoms with Gasteiger partial charge in [-0.3, -0.25) is 0 Å². The second-order valence-corrected chi connectivity index (χ2v) is 6.40. The second-order valence-electron chi connectivity index (χ2n) is 4.69. The Morgan fingerprint density at radius 2 is 1.84 bits per heavy atom. The van der Waals surface area contributed by atoms with Gasteiger partial charge in [-0.1, -0.05) is 12.1 Å². The molecular formula is C13H20N2O3S. The van der Waals surface area contributed by atoms with Crippen LogP contribution in [0.1, 0.15) is 18.4 Å². The zero-order valence-corrected chi connectivity index (χ0v) is 11.7. The van der Waals surface area contributed by atoms with Crippen LogP contribution in [0.3, 0.4) is 0 Å². The number of nitrogens with one attached hydrogen (secondary N) is 1. The molecule has 0 aliphatic carbocycles. The van der Waals surface area contributed by atoms with Crippen molar-refractivity contribution in [3.05, 3.63) is 29.8 Å². The number of nitrogens with two attached hydrogens (primary N) is 1. The predicted molar refractivity (Wildman–Crippen MR) is 73.4 cm³/mol. The summed E-state index contributed by atoms with van der Waals surface area (Å²) in [6, 6.07) is 6.86. The first kappa shape index (κ1) is 14.5. The minimum Gasteiger partial charge on any atom is -0.381 e. The second kappa shape index (κ2) is 6.47. The molecule has 1 saturated heterocycles. The van der Waals surface area contributed by atoms with E-state index in [-0.39, 0.29) is 6.04 Å². The van der Waals surface area contributed by atoms with Crippen molar-refractivity contribution in [1.29, 1.82) is 0 Å². The highest BCUT2D eigenvalue weighted by molar-refractivity contribution is 7.89. The van der Waals surface area contributed by atoms with Gasteiger partial charge in [0.2, 0.25) is 10.0 Å². The van der Waals surface area contributed by atoms with Gasteiger partial charge in [0.1, 0.15) is 0 Å². The van der Waals surface area contributed by atoms with Crippen molar-refractivity contribution in [2.75, 3.05) is 19.8 Å². The van der Waals surface area contributed by atoms with Gasteiger partial charge in [-0.2, -0.15) is 0 Å². The Labute approximate surface area is 114 Å². The summed E-state index contributed by atoms with van der Waals surface area (Å²) < 4.78 is 32.3. The third-order valence-electron chi connectivity index (χ3n) is 3.21. The van der Waals surface area contributed by atoms with Gasteiger partial charge >= 0.3 is 0 Å². The molecule has 106 valence electrons. The summed E-state index contributed by atoms with van der Waals surface area (Å²) in [6.07, 6.45) is 2.21. The maximum Gasteiger partial charge on any atom is 0.240 e. The van der Waals surface area contributed by atoms with Gasteiger partial charge in [0, 0.05) is 19.3 Å². The molecule has 1 fully saturated rings. The molecule has 1 heterocycles. The molecule has 1 aromatic rings. The van der Waals surface area contributed by atoms with Crippen molar-refractivity contribution in [3.8, 4) is 0 Å². The molecule has 1 aromatic carbocycles. The SMILES string of the molecule is NCCc1ccc(S(=O)(=O)NC2CCOCC2)cc1. The first-order valence-corrected chi connectivity index (χ1v) is 7.99. The van der Waals surface area contributed by atoms with Crippen LogP contribution in [-0.4, -0.2) is 34.2 Å². The Morgan fingerprint density at radius 1 is 1.21 bits per heavy atom. The van der Waals surface area contributed by atoms with Gasteiger partial charge in [0.25, 0.3) is 0 Å². The Hall–Kier alpha value is -0.950. The fourth-order valence-corrected chi connectivity index (χ4v) is 3.41. The summed E-state index contributed by atoms with van der Waals surface area (Å²) in [4.78, 5) is 0.305. The minimum atomic E-state index is -3.43. The van der Waals surface area contributed by atoms with E-state index >= 15 is 0 Å². The van der Waals surface area contributed by atoms with Crippen LogP contribution in [0.5, 0.6) is 0 Å². The molecule has 5 nitrogen and oxygen atoms in total. The quantitative estimate of drug-likeness (QED) is 0.831. The van der Waals surface area contributed by atoms with E-state index in [9.17, 15) is 8.42 Å². The Morgan fingerprint density at radius 3 is 2.42 bits per heavy atom. The van der Waals surface area contributed by atoms with Gasteiger partial charge in [-0.15, -0.1) is 0 Å². The largest absolute Gasteiger partial charge is 0.381 e. The lowest BCUT2D eigenvalue weighted by Crippen LogP contribution is -2.38. The van der Waals surface area contributed by atoms with Gasteiger partial charge in [0.15, 0.2) is 0 Å². The van der Waals surface area contributed by atoms with E-state index in [2.05, 4.69) is 4.72 Å². The molecule has 0 unspecified atom stereocenters. The monoisotopic (exact) mass is 284 g/mol. The number of rotatable bonds is 5. The lowest BCUT2D eigenvalue weighted by atomic mass is 10.1. The summed E-state index contributed by atoms with van der Waals surface area (Å²) in [7, 11) is -3.43. The van der Waals surface area contributed by atoms with Crippen LogP contribution < -0.4 is 10.5 Å². The summed E-state index contributed by atoms with van der Waals surface area (Å²) in [5, 5.41) is 0. The van der Waals surface area contributed by atoms with Crippen molar-refractivity contribution in [3.63, 3.8) is 0 Å². The number of ether oxygens (including phenoxy) is 1. The highest BCUT2D eigenvalue weighted by atomic mass is 32.2. The number of hydrogen-bond acceptors (Lipinski definition) is 4. The van der Waals surface area contributed by atoms with Crippen molar-refractivity contribution < 1.29 is 13.2 Å². The first-order valence-electron chi connectivity index (χ1n) is 6.51. The van der Waals surface area contributed by atoms with E-state index in [1.54, 1.807) is 12.1 Å². The van der Waals surface area contributed by atoms with Crippen LogP contribution in [0, 0.1) is 0 Å². The molecule has 2 rings (SSSR count). The third-order valence-corrected chi connectivity index (χ3v) is 4.75. The van der Waals surface area contributed by atoms with Crippen molar-refractivity contribution in [2.24, 2.45) is 5.73 Å². The van der Waals surface area contributed by atoms with E-state index in [1.807, 2.05) is 12.1 Å². The van der Waals surface area contributed by atoms with E-state index in [0.29, 0.717) is 24.7 Å². The number of hydrogen-bond donors (Lipinski definition) is 2. The number of sulfonamides is 1. The molecule has 3 N–H and O–H groups in total. The van der Waals surface area contributed by atoms with Crippen LogP contribution in [0.25, 0.3) is 0 Å². The molecular weight excluding hydrogens is 264 g/mol. The molecule has 0 bridgehead atoms. The average molecular weight is 284 g/mol. The van der Waals surface area contributed by atoms with Crippen LogP contribution in [0.4, 0.5) is 0 Å². The van der Waals surface area contributed by atoms with Crippen molar-refractivity contribution in [2.45, 2.75) is 30.2 Å². The molecule has 0 saturated carbocycles. The summed E-state index contributed by atoms with van der Waals surface area (Å²) >= 11 is 0. The molecule has 0 amide bonds. The standard InChI is InChI=1S/C13H20N2O3S/c14-8-5-11-1-3-13(4-2-11)19(16,17)15-12-6-9-18-10-7-12/h1-4,12,15H,5-10,14H2. The smallest absolute Gasteiger partial charge is 0.240 e. The molecule has 0 atom stereocenters. The fraction of sp³-hybridized carbons (Fsp3) is 0.538. The van der Waals surface area contributed by atoms with Crippen LogP contribution >= 0.6 is 0 Å². The van der Waals surface area contributed by atoms with Gasteiger partial charge in [-0.05, 0) is 43.5 Å². The fourth-order valence-electron chi connectivity index (χ4n) is 2.10. The third kappa shape index (κ3) is 4.01. The van der Waals surface area contributed by atoms with E-state index < -0.39 is 10.0 Å². The molecule has 0 radical (unpaired) electrons. The molecule has 0 spiro atoms. The van der Waals surface area contributed by atoms with Crippen LogP contribution in [0.15, 0.2) is 29.2 Å². The van der Waals surface area contributed by atoms with Crippen molar-refractivity contribution >= 4 is 10.0 Å². The Bertz CT molecular complexity index is 493. The van der Waals surface area contributed by atoms with Gasteiger partial charge < -0.3 is 10.5 Å². The average Bonchev–Trinajstić information content (AvgIpc) is 2.40. The van der Waals surface area contributed by atoms with Gasteiger partial charge in [-0.25, -0.2) is 13.1 Å². The molecule has 0 aromatic heterocycles. The molecule has 6 heteroatoms. The topological polar surface area (TPSA) is 81.4 Å². The maximum absolute atomic E-state index is 12.2. The number of benzene rings is 1. The van der Waals surface area contributed by atoms with E-state index in [0.717, 1.165) is 24.8 Å². The molecule has 1 aliphatic heterocycles. The van der Waals surface area contributed by atoms with E-state index in [4.69, 9.17) is 10.5 Å². The zero-order chi connectivity index (χ0) is 13.7. The summed E-state index contributed by atoms with van der Waals surface area (Å²) in [5.41, 5.74) is 6.51. The molecule has 1 aliphatic rings. The minimum absolute atomic E-state index is 0.0255. The lowest BCUT2D eigenvalue weighted by Gasteiger charge is -2.23. The van der Waals surface area contributed by atoms with Crippen molar-refractivity contribution in [1.82, 2.24) is 4.72 Å². The van der Waals surface area contributed by atoms with E-state index in [1.165, 1.54) is 0 Å². The zero-order valence-electron chi connectivity index (χ0n) is 10.8. The maximum atomic E-state index is 12.2. The Kier molecular flexibility index (Phi) is 4.93. The summed E-state index contributed by atoms with van der Waals surface area (Å²) in [6.45, 7) is 1.79. The van der Waals surface area contributed by atoms with Crippen LogP contribution in [0.2, 0.25) is 0 Å². The lowest BCUT2D eigenvalue weighted by molar-refractivity contribution is 0.0832. The predicted octanol–water partition coefficient (Wildman–Crippen LogP) is 0.645.